The molecule has 0 N–H and O–H groups in total. The van der Waals surface area contributed by atoms with Crippen molar-refractivity contribution in [2.75, 3.05) is 0 Å². The second kappa shape index (κ2) is 11.0. The van der Waals surface area contributed by atoms with E-state index in [-0.39, 0.29) is 88.7 Å². The van der Waals surface area contributed by atoms with Crippen LogP contribution in [0, 0.1) is 38.5 Å². The Balaban J connectivity index is 0. The Morgan fingerprint density at radius 3 is 1.50 bits per heavy atom. The maximum absolute atomic E-state index is 5.64. The molecule has 0 spiro atoms. The Morgan fingerprint density at radius 1 is 0.909 bits per heavy atom. The van der Waals surface area contributed by atoms with Crippen LogP contribution in [0.4, 0.5) is 0 Å². The fourth-order valence-electron chi connectivity index (χ4n) is 2.79. The normalized spacial score (nSPS) is 43.6. The van der Waals surface area contributed by atoms with Crippen molar-refractivity contribution < 1.29 is 74.9 Å². The van der Waals surface area contributed by atoms with Gasteiger partial charge in [0.15, 0.2) is 0 Å². The quantitative estimate of drug-likeness (QED) is 0.470. The fourth-order valence-corrected chi connectivity index (χ4v) is 2.79. The van der Waals surface area contributed by atoms with Gasteiger partial charge in [0.05, 0.1) is 7.85 Å². The smallest absolute Gasteiger partial charge is 0.0623 e. The van der Waals surface area contributed by atoms with Crippen LogP contribution in [0.5, 0.6) is 0 Å². The zero-order valence-electron chi connectivity index (χ0n) is 14.8. The molecular formula is C17H29BO2Y2-4. The van der Waals surface area contributed by atoms with Gasteiger partial charge in [-0.05, 0) is 0 Å². The topological polar surface area (TPSA) is 18.5 Å². The van der Waals surface area contributed by atoms with Crippen LogP contribution in [-0.2, 0) is 74.9 Å². The predicted octanol–water partition coefficient (Wildman–Crippen LogP) is 3.56. The largest absolute Gasteiger partial charge is 0.446 e. The molecule has 4 radical (unpaired) electrons. The molecule has 0 saturated carbocycles. The van der Waals surface area contributed by atoms with Crippen LogP contribution < -0.4 is 0 Å². The van der Waals surface area contributed by atoms with E-state index in [1.807, 2.05) is 6.42 Å². The minimum atomic E-state index is -0.264. The Kier molecular flexibility index (Phi) is 13.2. The summed E-state index contributed by atoms with van der Waals surface area (Å²) in [7, 11) is 5.56. The molecule has 2 heterocycles. The first-order valence-corrected chi connectivity index (χ1v) is 7.68. The van der Waals surface area contributed by atoms with Gasteiger partial charge in [0.25, 0.3) is 0 Å². The summed E-state index contributed by atoms with van der Waals surface area (Å²) in [4.78, 5) is 0. The summed E-state index contributed by atoms with van der Waals surface area (Å²) in [5, 5.41) is 0. The summed E-state index contributed by atoms with van der Waals surface area (Å²) < 4.78 is 11.1. The van der Waals surface area contributed by atoms with Crippen molar-refractivity contribution in [3.8, 4) is 0 Å². The molecule has 5 heteroatoms. The average molecular weight is 454 g/mol. The van der Waals surface area contributed by atoms with Gasteiger partial charge in [0.1, 0.15) is 0 Å². The zero-order chi connectivity index (χ0) is 15.6. The van der Waals surface area contributed by atoms with Crippen molar-refractivity contribution >= 4 is 7.85 Å². The minimum absolute atomic E-state index is 0. The summed E-state index contributed by atoms with van der Waals surface area (Å²) in [6.45, 7) is 18.6. The molecule has 0 amide bonds. The standard InChI is InChI=1S/C9H16O.C8H13BO.2Y/c1-5-9(4)7(2)6-8(3)10-9;1-4-8(3)6(2)5-7(9)10-8;;/h6-8H,4-5H2,1-3H3;5-7H,3-4H2,1-2H3;;/q2*-2;;/t7-,8+,9?;6-,7+,8?;;/m10../s1. The molecule has 22 heavy (non-hydrogen) atoms. The Bertz CT molecular complexity index is 289. The Morgan fingerprint density at radius 2 is 1.32 bits per heavy atom. The molecule has 2 rings (SSSR count). The van der Waals surface area contributed by atoms with Gasteiger partial charge >= 0.3 is 0 Å². The molecule has 0 bridgehead atoms. The molecule has 2 saturated heterocycles. The predicted molar refractivity (Wildman–Crippen MR) is 84.9 cm³/mol. The number of ether oxygens (including phenoxy) is 2. The first-order valence-electron chi connectivity index (χ1n) is 7.68. The van der Waals surface area contributed by atoms with Gasteiger partial charge in [-0.3, -0.25) is 6.42 Å². The van der Waals surface area contributed by atoms with E-state index >= 15 is 0 Å². The Hall–Kier alpha value is 2.19. The SMILES string of the molecule is [B][C@H]1[CH-][C@H](C)C([CH2-])(CC)O1.[CH2-]C1(CC)O[C@@H](C)[CH-][C@H]1C.[Y].[Y]. The maximum Gasteiger partial charge on any atom is 0.0623 e. The molecule has 0 aliphatic carbocycles. The summed E-state index contributed by atoms with van der Waals surface area (Å²) in [5.41, 5.74) is -0.404. The molecule has 2 nitrogen and oxygen atoms in total. The summed E-state index contributed by atoms with van der Waals surface area (Å²) in [6.07, 6.45) is 6.41. The minimum Gasteiger partial charge on any atom is -0.446 e. The van der Waals surface area contributed by atoms with Gasteiger partial charge in [-0.25, -0.2) is 0 Å². The van der Waals surface area contributed by atoms with E-state index in [1.165, 1.54) is 0 Å². The first-order chi connectivity index (χ1) is 9.16. The van der Waals surface area contributed by atoms with Crippen LogP contribution in [0.25, 0.3) is 0 Å². The average Bonchev–Trinajstić information content (AvgIpc) is 2.78. The number of hydrogen-bond acceptors (Lipinski definition) is 2. The van der Waals surface area contributed by atoms with E-state index in [0.717, 1.165) is 12.8 Å². The molecule has 6 atom stereocenters. The molecule has 0 aromatic carbocycles. The van der Waals surface area contributed by atoms with Crippen molar-refractivity contribution in [1.82, 2.24) is 0 Å². The van der Waals surface area contributed by atoms with Gasteiger partial charge in [-0.1, -0.05) is 64.8 Å². The molecule has 0 aromatic heterocycles. The molecule has 122 valence electrons. The number of hydrogen-bond donors (Lipinski definition) is 0. The monoisotopic (exact) mass is 454 g/mol. The summed E-state index contributed by atoms with van der Waals surface area (Å²) in [5.74, 6) is 0.861. The molecular weight excluding hydrogens is 425 g/mol. The summed E-state index contributed by atoms with van der Waals surface area (Å²) >= 11 is 0. The van der Waals surface area contributed by atoms with Crippen LogP contribution in [0.2, 0.25) is 0 Å². The second-order valence-electron chi connectivity index (χ2n) is 6.20. The molecule has 2 aliphatic heterocycles. The van der Waals surface area contributed by atoms with Crippen molar-refractivity contribution in [2.45, 2.75) is 70.8 Å². The van der Waals surface area contributed by atoms with Gasteiger partial charge < -0.3 is 29.7 Å². The third-order valence-electron chi connectivity index (χ3n) is 4.69. The molecule has 2 unspecified atom stereocenters. The molecule has 2 aliphatic rings. The van der Waals surface area contributed by atoms with Crippen molar-refractivity contribution in [3.63, 3.8) is 0 Å². The van der Waals surface area contributed by atoms with Crippen LogP contribution in [0.15, 0.2) is 0 Å². The second-order valence-corrected chi connectivity index (χ2v) is 6.20. The van der Waals surface area contributed by atoms with Crippen LogP contribution in [0.3, 0.4) is 0 Å². The number of rotatable bonds is 2. The van der Waals surface area contributed by atoms with Crippen LogP contribution >= 0.6 is 0 Å². The first kappa shape index (κ1) is 26.4. The van der Waals surface area contributed by atoms with E-state index in [9.17, 15) is 0 Å². The van der Waals surface area contributed by atoms with Crippen molar-refractivity contribution in [3.05, 3.63) is 26.7 Å². The van der Waals surface area contributed by atoms with E-state index in [2.05, 4.69) is 54.9 Å². The van der Waals surface area contributed by atoms with Gasteiger partial charge in [-0.2, -0.15) is 11.8 Å². The van der Waals surface area contributed by atoms with Crippen LogP contribution in [-0.4, -0.2) is 31.2 Å². The third kappa shape index (κ3) is 6.83. The Labute approximate surface area is 190 Å². The van der Waals surface area contributed by atoms with Crippen molar-refractivity contribution in [2.24, 2.45) is 11.8 Å². The fraction of sp³-hybridized carbons (Fsp3) is 0.765. The van der Waals surface area contributed by atoms with Crippen molar-refractivity contribution in [1.29, 1.82) is 0 Å². The zero-order valence-corrected chi connectivity index (χ0v) is 20.5. The van der Waals surface area contributed by atoms with E-state index in [0.29, 0.717) is 11.8 Å². The van der Waals surface area contributed by atoms with Gasteiger partial charge in [0.2, 0.25) is 0 Å². The van der Waals surface area contributed by atoms with E-state index in [1.54, 1.807) is 0 Å². The van der Waals surface area contributed by atoms with E-state index < -0.39 is 0 Å². The summed E-state index contributed by atoms with van der Waals surface area (Å²) in [6, 6.07) is -0.215. The van der Waals surface area contributed by atoms with Gasteiger partial charge in [-0.15, -0.1) is 6.00 Å². The van der Waals surface area contributed by atoms with Gasteiger partial charge in [0, 0.05) is 65.4 Å². The molecule has 2 fully saturated rings. The molecule has 0 aromatic rings. The van der Waals surface area contributed by atoms with Crippen LogP contribution in [0.1, 0.15) is 47.5 Å². The van der Waals surface area contributed by atoms with E-state index in [4.69, 9.17) is 17.3 Å². The third-order valence-corrected chi connectivity index (χ3v) is 4.69. The maximum atomic E-state index is 5.64.